The molecule has 3 aromatic rings. The number of carbonyl (C=O) groups is 1. The molecule has 2 heterocycles. The molecule has 2 aromatic carbocycles. The summed E-state index contributed by atoms with van der Waals surface area (Å²) in [6, 6.07) is 22.5. The number of pyridine rings is 1. The number of carbonyl (C=O) groups excluding carboxylic acids is 1. The summed E-state index contributed by atoms with van der Waals surface area (Å²) in [5.41, 5.74) is 2.95. The van der Waals surface area contributed by atoms with E-state index < -0.39 is 0 Å². The van der Waals surface area contributed by atoms with Crippen LogP contribution in [0.2, 0.25) is 0 Å². The second-order valence-electron chi connectivity index (χ2n) is 6.79. The Morgan fingerprint density at radius 3 is 2.41 bits per heavy atom. The summed E-state index contributed by atoms with van der Waals surface area (Å²) < 4.78 is 1.52. The van der Waals surface area contributed by atoms with Crippen molar-refractivity contribution in [2.24, 2.45) is 0 Å². The van der Waals surface area contributed by atoms with Gasteiger partial charge in [0.2, 0.25) is 0 Å². The molecule has 146 valence electrons. The molecule has 1 N–H and O–H groups in total. The van der Waals surface area contributed by atoms with Crippen LogP contribution < -0.4 is 10.9 Å². The van der Waals surface area contributed by atoms with Crippen LogP contribution in [0.3, 0.4) is 0 Å². The molecule has 0 spiro atoms. The predicted molar refractivity (Wildman–Crippen MR) is 117 cm³/mol. The number of hydrogen-bond acceptors (Lipinski definition) is 4. The number of rotatable bonds is 5. The summed E-state index contributed by atoms with van der Waals surface area (Å²) in [5.74, 6) is -0.263. The lowest BCUT2D eigenvalue weighted by atomic mass is 10.2. The summed E-state index contributed by atoms with van der Waals surface area (Å²) in [6.07, 6.45) is 1.64. The Morgan fingerprint density at radius 2 is 1.72 bits per heavy atom. The van der Waals surface area contributed by atoms with Gasteiger partial charge in [0.1, 0.15) is 0 Å². The van der Waals surface area contributed by atoms with E-state index in [2.05, 4.69) is 22.3 Å². The average molecular weight is 404 g/mol. The summed E-state index contributed by atoms with van der Waals surface area (Å²) in [5, 5.41) is 5.08. The van der Waals surface area contributed by atoms with Crippen LogP contribution in [-0.2, 0) is 6.54 Å². The van der Waals surface area contributed by atoms with Crippen LogP contribution in [0.15, 0.2) is 94.9 Å². The number of allylic oxidation sites excluding steroid dienone is 1. The Bertz CT molecular complexity index is 1090. The zero-order valence-corrected chi connectivity index (χ0v) is 16.8. The minimum absolute atomic E-state index is 0.209. The lowest BCUT2D eigenvalue weighted by Crippen LogP contribution is -2.42. The normalized spacial score (nSPS) is 15.8. The van der Waals surface area contributed by atoms with Crippen molar-refractivity contribution in [1.29, 1.82) is 0 Å². The van der Waals surface area contributed by atoms with E-state index in [1.165, 1.54) is 16.2 Å². The minimum atomic E-state index is -0.263. The van der Waals surface area contributed by atoms with Crippen molar-refractivity contribution in [2.75, 3.05) is 0 Å². The predicted octanol–water partition coefficient (Wildman–Crippen LogP) is 3.96. The standard InChI is InChI=1S/C23H21N3O2S/c1-17-16-29-23(26(17)15-18-8-4-2-5-9-18)24-22(28)19-12-13-25(21(27)14-19)20-10-6-3-7-11-20/h2-14,16,23H,15H2,1H3,(H,24,28). The molecule has 1 atom stereocenters. The third kappa shape index (κ3) is 4.27. The van der Waals surface area contributed by atoms with E-state index in [-0.39, 0.29) is 17.0 Å². The van der Waals surface area contributed by atoms with E-state index in [1.54, 1.807) is 24.0 Å². The lowest BCUT2D eigenvalue weighted by molar-refractivity contribution is 0.0920. The zero-order valence-electron chi connectivity index (χ0n) is 16.0. The van der Waals surface area contributed by atoms with Crippen LogP contribution in [0.5, 0.6) is 0 Å². The summed E-state index contributed by atoms with van der Waals surface area (Å²) in [7, 11) is 0. The van der Waals surface area contributed by atoms with E-state index in [4.69, 9.17) is 0 Å². The summed E-state index contributed by atoms with van der Waals surface area (Å²) in [4.78, 5) is 27.4. The van der Waals surface area contributed by atoms with Gasteiger partial charge in [-0.2, -0.15) is 0 Å². The molecule has 0 radical (unpaired) electrons. The fraction of sp³-hybridized carbons (Fsp3) is 0.130. The summed E-state index contributed by atoms with van der Waals surface area (Å²) in [6.45, 7) is 2.74. The largest absolute Gasteiger partial charge is 0.341 e. The van der Waals surface area contributed by atoms with Gasteiger partial charge in [-0.25, -0.2) is 0 Å². The van der Waals surface area contributed by atoms with Gasteiger partial charge in [-0.1, -0.05) is 60.3 Å². The van der Waals surface area contributed by atoms with Crippen LogP contribution in [-0.4, -0.2) is 20.9 Å². The fourth-order valence-electron chi connectivity index (χ4n) is 3.21. The van der Waals surface area contributed by atoms with Crippen LogP contribution in [0, 0.1) is 0 Å². The molecule has 0 fully saturated rings. The molecular weight excluding hydrogens is 382 g/mol. The van der Waals surface area contributed by atoms with Crippen molar-refractivity contribution in [3.05, 3.63) is 112 Å². The number of aromatic nitrogens is 1. The van der Waals surface area contributed by atoms with Gasteiger partial charge >= 0.3 is 0 Å². The van der Waals surface area contributed by atoms with Crippen molar-refractivity contribution < 1.29 is 4.79 Å². The first-order valence-corrected chi connectivity index (χ1v) is 10.3. The topological polar surface area (TPSA) is 54.3 Å². The van der Waals surface area contributed by atoms with Crippen LogP contribution in [0.4, 0.5) is 0 Å². The SMILES string of the molecule is CC1=CSC(NC(=O)c2ccn(-c3ccccc3)c(=O)c2)N1Cc1ccccc1. The van der Waals surface area contributed by atoms with Crippen molar-refractivity contribution in [1.82, 2.24) is 14.8 Å². The third-order valence-corrected chi connectivity index (χ3v) is 5.88. The van der Waals surface area contributed by atoms with Crippen LogP contribution in [0.25, 0.3) is 5.69 Å². The average Bonchev–Trinajstić information content (AvgIpc) is 3.08. The molecule has 1 amide bonds. The molecule has 0 saturated heterocycles. The van der Waals surface area contributed by atoms with Gasteiger partial charge < -0.3 is 10.2 Å². The lowest BCUT2D eigenvalue weighted by Gasteiger charge is -2.28. The second kappa shape index (κ2) is 8.41. The van der Waals surface area contributed by atoms with Crippen molar-refractivity contribution in [3.8, 4) is 5.69 Å². The van der Waals surface area contributed by atoms with E-state index >= 15 is 0 Å². The Kier molecular flexibility index (Phi) is 5.53. The molecule has 1 unspecified atom stereocenters. The van der Waals surface area contributed by atoms with E-state index in [0.717, 1.165) is 11.4 Å². The maximum Gasteiger partial charge on any atom is 0.255 e. The first-order valence-electron chi connectivity index (χ1n) is 9.33. The monoisotopic (exact) mass is 403 g/mol. The molecular formula is C23H21N3O2S. The number of para-hydroxylation sites is 1. The molecule has 5 nitrogen and oxygen atoms in total. The van der Waals surface area contributed by atoms with Gasteiger partial charge in [-0.15, -0.1) is 0 Å². The van der Waals surface area contributed by atoms with Crippen LogP contribution in [0.1, 0.15) is 22.8 Å². The van der Waals surface area contributed by atoms with Gasteiger partial charge in [-0.3, -0.25) is 14.2 Å². The number of nitrogens with one attached hydrogen (secondary N) is 1. The van der Waals surface area contributed by atoms with E-state index in [1.807, 2.05) is 60.9 Å². The third-order valence-electron chi connectivity index (χ3n) is 4.77. The highest BCUT2D eigenvalue weighted by Gasteiger charge is 2.26. The Labute approximate surface area is 173 Å². The van der Waals surface area contributed by atoms with Crippen LogP contribution >= 0.6 is 11.8 Å². The molecule has 1 aliphatic heterocycles. The first kappa shape index (κ1) is 19.1. The molecule has 1 aromatic heterocycles. The molecule has 1 aliphatic rings. The van der Waals surface area contributed by atoms with Crippen molar-refractivity contribution in [2.45, 2.75) is 19.0 Å². The number of hydrogen-bond donors (Lipinski definition) is 1. The van der Waals surface area contributed by atoms with Crippen molar-refractivity contribution in [3.63, 3.8) is 0 Å². The first-order chi connectivity index (χ1) is 14.1. The fourth-order valence-corrected chi connectivity index (χ4v) is 4.23. The van der Waals surface area contributed by atoms with Gasteiger partial charge in [-0.05, 0) is 36.1 Å². The zero-order chi connectivity index (χ0) is 20.2. The number of benzene rings is 2. The van der Waals surface area contributed by atoms with E-state index in [0.29, 0.717) is 12.1 Å². The maximum absolute atomic E-state index is 12.8. The highest BCUT2D eigenvalue weighted by molar-refractivity contribution is 8.02. The number of thioether (sulfide) groups is 1. The molecule has 4 rings (SSSR count). The molecule has 6 heteroatoms. The maximum atomic E-state index is 12.8. The second-order valence-corrected chi connectivity index (χ2v) is 7.75. The highest BCUT2D eigenvalue weighted by Crippen LogP contribution is 2.30. The number of nitrogens with zero attached hydrogens (tertiary/aromatic N) is 2. The van der Waals surface area contributed by atoms with Gasteiger partial charge in [0.05, 0.1) is 0 Å². The molecule has 0 saturated carbocycles. The Hall–Kier alpha value is -3.25. The Balaban J connectivity index is 1.49. The number of amides is 1. The van der Waals surface area contributed by atoms with E-state index in [9.17, 15) is 9.59 Å². The molecule has 29 heavy (non-hydrogen) atoms. The van der Waals surface area contributed by atoms with Gasteiger partial charge in [0.15, 0.2) is 5.50 Å². The van der Waals surface area contributed by atoms with Gasteiger partial charge in [0.25, 0.3) is 11.5 Å². The van der Waals surface area contributed by atoms with Crippen molar-refractivity contribution >= 4 is 17.7 Å². The Morgan fingerprint density at radius 1 is 1.03 bits per heavy atom. The minimum Gasteiger partial charge on any atom is -0.341 e. The summed E-state index contributed by atoms with van der Waals surface area (Å²) >= 11 is 1.55. The quantitative estimate of drug-likeness (QED) is 0.701. The highest BCUT2D eigenvalue weighted by atomic mass is 32.2. The molecule has 0 bridgehead atoms. The van der Waals surface area contributed by atoms with Gasteiger partial charge in [0, 0.05) is 35.8 Å². The smallest absolute Gasteiger partial charge is 0.255 e. The molecule has 0 aliphatic carbocycles.